The van der Waals surface area contributed by atoms with E-state index in [1.54, 1.807) is 30.3 Å². The molecule has 1 atom stereocenters. The van der Waals surface area contributed by atoms with Gasteiger partial charge >= 0.3 is 0 Å². The lowest BCUT2D eigenvalue weighted by atomic mass is 9.99. The number of hydrogen-bond donors (Lipinski definition) is 1. The second-order valence-corrected chi connectivity index (χ2v) is 9.48. The molecule has 0 aliphatic carbocycles. The van der Waals surface area contributed by atoms with E-state index in [0.29, 0.717) is 23.6 Å². The molecule has 0 saturated heterocycles. The zero-order valence-corrected chi connectivity index (χ0v) is 18.7. The maximum atomic E-state index is 13.6. The number of unbranched alkanes of at least 4 members (excludes halogenated alkanes) is 1. The van der Waals surface area contributed by atoms with Gasteiger partial charge in [-0.1, -0.05) is 51.3 Å². The standard InChI is InChI=1S/C23H31FN2O3S/c1-4-6-8-18(5-2)16-25-23(27)20-13-11-19(12-14-20)17-26(30(3,28)29)22-10-7-9-21(24)15-22/h7,9-15,18H,4-6,8,16-17H2,1-3H3,(H,25,27)/t18-/m1/s1. The van der Waals surface area contributed by atoms with Crippen molar-refractivity contribution >= 4 is 21.6 Å². The highest BCUT2D eigenvalue weighted by Crippen LogP contribution is 2.21. The zero-order valence-electron chi connectivity index (χ0n) is 17.9. The van der Waals surface area contributed by atoms with Crippen LogP contribution in [0, 0.1) is 11.7 Å². The lowest BCUT2D eigenvalue weighted by molar-refractivity contribution is 0.0946. The van der Waals surface area contributed by atoms with Crippen LogP contribution < -0.4 is 9.62 Å². The van der Waals surface area contributed by atoms with E-state index in [-0.39, 0.29) is 18.1 Å². The molecule has 0 aliphatic rings. The van der Waals surface area contributed by atoms with Crippen molar-refractivity contribution in [3.63, 3.8) is 0 Å². The molecule has 0 radical (unpaired) electrons. The number of nitrogens with zero attached hydrogens (tertiary/aromatic N) is 1. The number of nitrogens with one attached hydrogen (secondary N) is 1. The summed E-state index contributed by atoms with van der Waals surface area (Å²) in [7, 11) is -3.60. The van der Waals surface area contributed by atoms with Gasteiger partial charge in [-0.05, 0) is 48.2 Å². The van der Waals surface area contributed by atoms with E-state index >= 15 is 0 Å². The average molecular weight is 435 g/mol. The van der Waals surface area contributed by atoms with E-state index in [2.05, 4.69) is 19.2 Å². The second-order valence-electron chi connectivity index (χ2n) is 7.57. The van der Waals surface area contributed by atoms with E-state index < -0.39 is 15.8 Å². The van der Waals surface area contributed by atoms with Gasteiger partial charge in [0.05, 0.1) is 18.5 Å². The van der Waals surface area contributed by atoms with Gasteiger partial charge in [-0.25, -0.2) is 12.8 Å². The van der Waals surface area contributed by atoms with Crippen LogP contribution in [-0.4, -0.2) is 27.1 Å². The molecule has 0 saturated carbocycles. The van der Waals surface area contributed by atoms with Crippen molar-refractivity contribution < 1.29 is 17.6 Å². The van der Waals surface area contributed by atoms with Gasteiger partial charge in [-0.2, -0.15) is 0 Å². The zero-order chi connectivity index (χ0) is 22.1. The number of hydrogen-bond acceptors (Lipinski definition) is 3. The topological polar surface area (TPSA) is 66.5 Å². The van der Waals surface area contributed by atoms with Crippen molar-refractivity contribution in [2.45, 2.75) is 46.1 Å². The van der Waals surface area contributed by atoms with Crippen molar-refractivity contribution in [1.82, 2.24) is 5.32 Å². The van der Waals surface area contributed by atoms with Crippen LogP contribution in [0.4, 0.5) is 10.1 Å². The highest BCUT2D eigenvalue weighted by atomic mass is 32.2. The predicted octanol–water partition coefficient (Wildman–Crippen LogP) is 4.74. The number of halogens is 1. The Bertz CT molecular complexity index is 930. The lowest BCUT2D eigenvalue weighted by Crippen LogP contribution is -2.30. The van der Waals surface area contributed by atoms with Crippen molar-refractivity contribution in [2.75, 3.05) is 17.1 Å². The minimum atomic E-state index is -3.60. The Morgan fingerprint density at radius 1 is 1.13 bits per heavy atom. The van der Waals surface area contributed by atoms with Gasteiger partial charge in [0.2, 0.25) is 10.0 Å². The van der Waals surface area contributed by atoms with Gasteiger partial charge in [0, 0.05) is 12.1 Å². The SMILES string of the molecule is CCCC[C@@H](CC)CNC(=O)c1ccc(CN(c2cccc(F)c2)S(C)(=O)=O)cc1. The Kier molecular flexibility index (Phi) is 8.84. The molecule has 2 rings (SSSR count). The molecule has 0 heterocycles. The number of amides is 1. The fourth-order valence-corrected chi connectivity index (χ4v) is 4.12. The van der Waals surface area contributed by atoms with Crippen LogP contribution in [0.2, 0.25) is 0 Å². The smallest absolute Gasteiger partial charge is 0.251 e. The van der Waals surface area contributed by atoms with Crippen molar-refractivity contribution in [2.24, 2.45) is 5.92 Å². The summed E-state index contributed by atoms with van der Waals surface area (Å²) in [4.78, 5) is 12.4. The fraction of sp³-hybridized carbons (Fsp3) is 0.435. The summed E-state index contributed by atoms with van der Waals surface area (Å²) in [6.45, 7) is 5.00. The monoisotopic (exact) mass is 434 g/mol. The van der Waals surface area contributed by atoms with E-state index in [0.717, 1.165) is 36.2 Å². The number of sulfonamides is 1. The minimum absolute atomic E-state index is 0.0547. The van der Waals surface area contributed by atoms with E-state index in [4.69, 9.17) is 0 Å². The first-order valence-corrected chi connectivity index (χ1v) is 12.2. The summed E-state index contributed by atoms with van der Waals surface area (Å²) in [5.74, 6) is -0.165. The fourth-order valence-electron chi connectivity index (χ4n) is 3.24. The Morgan fingerprint density at radius 3 is 2.40 bits per heavy atom. The Morgan fingerprint density at radius 2 is 1.83 bits per heavy atom. The van der Waals surface area contributed by atoms with Gasteiger partial charge in [0.15, 0.2) is 0 Å². The third-order valence-electron chi connectivity index (χ3n) is 5.13. The van der Waals surface area contributed by atoms with E-state index in [1.807, 2.05) is 0 Å². The maximum absolute atomic E-state index is 13.6. The Balaban J connectivity index is 2.06. The number of anilines is 1. The summed E-state index contributed by atoms with van der Waals surface area (Å²) in [6, 6.07) is 12.3. The van der Waals surface area contributed by atoms with E-state index in [9.17, 15) is 17.6 Å². The second kappa shape index (κ2) is 11.1. The first kappa shape index (κ1) is 23.9. The average Bonchev–Trinajstić information content (AvgIpc) is 2.71. The van der Waals surface area contributed by atoms with E-state index in [1.165, 1.54) is 18.2 Å². The predicted molar refractivity (Wildman–Crippen MR) is 120 cm³/mol. The number of benzene rings is 2. The van der Waals surface area contributed by atoms with Gasteiger partial charge < -0.3 is 5.32 Å². The lowest BCUT2D eigenvalue weighted by Gasteiger charge is -2.22. The molecule has 0 aliphatic heterocycles. The summed E-state index contributed by atoms with van der Waals surface area (Å²) in [6.07, 6.45) is 5.52. The molecule has 30 heavy (non-hydrogen) atoms. The van der Waals surface area contributed by atoms with Crippen LogP contribution in [0.25, 0.3) is 0 Å². The number of carbonyl (C=O) groups excluding carboxylic acids is 1. The molecule has 0 spiro atoms. The molecule has 2 aromatic carbocycles. The molecule has 5 nitrogen and oxygen atoms in total. The van der Waals surface area contributed by atoms with Crippen LogP contribution in [0.1, 0.15) is 55.5 Å². The summed E-state index contributed by atoms with van der Waals surface area (Å²) >= 11 is 0. The third kappa shape index (κ3) is 7.13. The summed E-state index contributed by atoms with van der Waals surface area (Å²) in [5, 5.41) is 2.99. The van der Waals surface area contributed by atoms with Gasteiger partial charge in [-0.3, -0.25) is 9.10 Å². The molecule has 164 valence electrons. The van der Waals surface area contributed by atoms with Crippen LogP contribution in [0.15, 0.2) is 48.5 Å². The molecular weight excluding hydrogens is 403 g/mol. The van der Waals surface area contributed by atoms with Crippen molar-refractivity contribution in [3.05, 3.63) is 65.5 Å². The van der Waals surface area contributed by atoms with Crippen LogP contribution >= 0.6 is 0 Å². The number of rotatable bonds is 11. The minimum Gasteiger partial charge on any atom is -0.352 e. The molecular formula is C23H31FN2O3S. The summed E-state index contributed by atoms with van der Waals surface area (Å²) in [5.41, 5.74) is 1.49. The van der Waals surface area contributed by atoms with Gasteiger partial charge in [0.1, 0.15) is 5.82 Å². The van der Waals surface area contributed by atoms with Crippen molar-refractivity contribution in [3.8, 4) is 0 Å². The highest BCUT2D eigenvalue weighted by Gasteiger charge is 2.19. The van der Waals surface area contributed by atoms with Gasteiger partial charge in [0.25, 0.3) is 5.91 Å². The Labute approximate surface area is 179 Å². The molecule has 2 aromatic rings. The van der Waals surface area contributed by atoms with Crippen LogP contribution in [0.5, 0.6) is 0 Å². The maximum Gasteiger partial charge on any atom is 0.251 e. The number of carbonyl (C=O) groups is 1. The summed E-state index contributed by atoms with van der Waals surface area (Å²) < 4.78 is 39.1. The van der Waals surface area contributed by atoms with Crippen LogP contribution in [0.3, 0.4) is 0 Å². The molecule has 0 unspecified atom stereocenters. The Hall–Kier alpha value is -2.41. The first-order chi connectivity index (χ1) is 14.2. The molecule has 1 amide bonds. The quantitative estimate of drug-likeness (QED) is 0.556. The third-order valence-corrected chi connectivity index (χ3v) is 6.27. The van der Waals surface area contributed by atoms with Crippen molar-refractivity contribution in [1.29, 1.82) is 0 Å². The molecule has 0 fully saturated rings. The molecule has 0 bridgehead atoms. The first-order valence-electron chi connectivity index (χ1n) is 10.3. The molecule has 7 heteroatoms. The van der Waals surface area contributed by atoms with Gasteiger partial charge in [-0.15, -0.1) is 0 Å². The molecule has 0 aromatic heterocycles. The largest absolute Gasteiger partial charge is 0.352 e. The highest BCUT2D eigenvalue weighted by molar-refractivity contribution is 7.92. The molecule has 1 N–H and O–H groups in total. The van der Waals surface area contributed by atoms with Crippen LogP contribution in [-0.2, 0) is 16.6 Å². The normalized spacial score (nSPS) is 12.4.